The Balaban J connectivity index is 2.11. The molecule has 0 aliphatic carbocycles. The number of carbonyl (C=O) groups excluding carboxylic acids is 1. The minimum absolute atomic E-state index is 0.0832. The Morgan fingerprint density at radius 1 is 1.41 bits per heavy atom. The van der Waals surface area contributed by atoms with Crippen LogP contribution in [0.3, 0.4) is 0 Å². The number of anilines is 1. The van der Waals surface area contributed by atoms with Gasteiger partial charge in [0.2, 0.25) is 5.91 Å². The maximum absolute atomic E-state index is 11.4. The number of nitrogens with one attached hydrogen (secondary N) is 1. The molecular weight excluding hydrogens is 286 g/mol. The maximum Gasteiger partial charge on any atom is 0.237 e. The molecule has 2 aromatic rings. The predicted molar refractivity (Wildman–Crippen MR) is 66.2 cm³/mol. The van der Waals surface area contributed by atoms with Gasteiger partial charge in [0.1, 0.15) is 6.33 Å². The van der Waals surface area contributed by atoms with Crippen LogP contribution in [-0.2, 0) is 4.79 Å². The fourth-order valence-corrected chi connectivity index (χ4v) is 1.33. The summed E-state index contributed by atoms with van der Waals surface area (Å²) in [4.78, 5) is 11.2. The first-order valence-corrected chi connectivity index (χ1v) is 5.87. The summed E-state index contributed by atoms with van der Waals surface area (Å²) in [7, 11) is 0. The SMILES string of the molecule is CC(Br)C(=O)Nc1ccc(-n2cnnn2)cc1. The van der Waals surface area contributed by atoms with E-state index in [0.717, 1.165) is 11.4 Å². The Kier molecular flexibility index (Phi) is 3.48. The highest BCUT2D eigenvalue weighted by molar-refractivity contribution is 9.10. The molecular formula is C10H10BrN5O. The van der Waals surface area contributed by atoms with Crippen LogP contribution in [-0.4, -0.2) is 30.9 Å². The third-order valence-electron chi connectivity index (χ3n) is 2.11. The number of alkyl halides is 1. The number of rotatable bonds is 3. The summed E-state index contributed by atoms with van der Waals surface area (Å²) >= 11 is 3.20. The van der Waals surface area contributed by atoms with Crippen molar-refractivity contribution in [3.8, 4) is 5.69 Å². The van der Waals surface area contributed by atoms with E-state index in [1.54, 1.807) is 23.7 Å². The molecule has 6 nitrogen and oxygen atoms in total. The molecule has 1 N–H and O–H groups in total. The normalized spacial score (nSPS) is 12.1. The lowest BCUT2D eigenvalue weighted by atomic mass is 10.2. The number of halogens is 1. The van der Waals surface area contributed by atoms with Crippen LogP contribution in [0.1, 0.15) is 6.92 Å². The molecule has 2 rings (SSSR count). The van der Waals surface area contributed by atoms with E-state index in [1.807, 2.05) is 12.1 Å². The van der Waals surface area contributed by atoms with E-state index >= 15 is 0 Å². The summed E-state index contributed by atoms with van der Waals surface area (Å²) in [5.41, 5.74) is 1.57. The number of amides is 1. The summed E-state index contributed by atoms with van der Waals surface area (Å²) in [6.07, 6.45) is 1.51. The Hall–Kier alpha value is -1.76. The first-order valence-electron chi connectivity index (χ1n) is 4.95. The van der Waals surface area contributed by atoms with Crippen molar-refractivity contribution in [1.29, 1.82) is 0 Å². The second-order valence-electron chi connectivity index (χ2n) is 3.41. The molecule has 1 aromatic heterocycles. The van der Waals surface area contributed by atoms with Gasteiger partial charge in [-0.05, 0) is 41.6 Å². The van der Waals surface area contributed by atoms with E-state index in [4.69, 9.17) is 0 Å². The minimum Gasteiger partial charge on any atom is -0.325 e. The molecule has 0 bridgehead atoms. The Morgan fingerprint density at radius 2 is 2.12 bits per heavy atom. The number of tetrazole rings is 1. The van der Waals surface area contributed by atoms with Crippen LogP contribution < -0.4 is 5.32 Å². The van der Waals surface area contributed by atoms with E-state index in [1.165, 1.54) is 6.33 Å². The highest BCUT2D eigenvalue weighted by Crippen LogP contribution is 2.13. The number of aromatic nitrogens is 4. The number of nitrogens with zero attached hydrogens (tertiary/aromatic N) is 4. The van der Waals surface area contributed by atoms with Crippen LogP contribution in [0.25, 0.3) is 5.69 Å². The summed E-state index contributed by atoms with van der Waals surface area (Å²) in [6, 6.07) is 7.24. The number of benzene rings is 1. The predicted octanol–water partition coefficient (Wildman–Crippen LogP) is 1.38. The van der Waals surface area contributed by atoms with Crippen molar-refractivity contribution in [3.05, 3.63) is 30.6 Å². The molecule has 0 aliphatic rings. The van der Waals surface area contributed by atoms with Gasteiger partial charge in [-0.1, -0.05) is 15.9 Å². The second-order valence-corrected chi connectivity index (χ2v) is 4.78. The highest BCUT2D eigenvalue weighted by atomic mass is 79.9. The smallest absolute Gasteiger partial charge is 0.237 e. The first-order chi connectivity index (χ1) is 8.16. The average Bonchev–Trinajstić information content (AvgIpc) is 2.83. The molecule has 1 unspecified atom stereocenters. The molecule has 1 aromatic carbocycles. The van der Waals surface area contributed by atoms with E-state index in [-0.39, 0.29) is 10.7 Å². The minimum atomic E-state index is -0.221. The van der Waals surface area contributed by atoms with Gasteiger partial charge in [0.15, 0.2) is 0 Å². The van der Waals surface area contributed by atoms with E-state index in [9.17, 15) is 4.79 Å². The fraction of sp³-hybridized carbons (Fsp3) is 0.200. The standard InChI is InChI=1S/C10H10BrN5O/c1-7(11)10(17)13-8-2-4-9(5-3-8)16-6-12-14-15-16/h2-7H,1H3,(H,13,17). The lowest BCUT2D eigenvalue weighted by Crippen LogP contribution is -2.19. The van der Waals surface area contributed by atoms with Crippen molar-refractivity contribution in [2.45, 2.75) is 11.8 Å². The monoisotopic (exact) mass is 295 g/mol. The Bertz CT molecular complexity index is 494. The lowest BCUT2D eigenvalue weighted by Gasteiger charge is -2.07. The van der Waals surface area contributed by atoms with Crippen molar-refractivity contribution in [1.82, 2.24) is 20.2 Å². The molecule has 7 heteroatoms. The van der Waals surface area contributed by atoms with Crippen LogP contribution >= 0.6 is 15.9 Å². The summed E-state index contributed by atoms with van der Waals surface area (Å²) in [5, 5.41) is 13.6. The van der Waals surface area contributed by atoms with Gasteiger partial charge in [0, 0.05) is 5.69 Å². The van der Waals surface area contributed by atoms with Gasteiger partial charge in [0.25, 0.3) is 0 Å². The number of hydrogen-bond donors (Lipinski definition) is 1. The Labute approximate surface area is 106 Å². The van der Waals surface area contributed by atoms with E-state index < -0.39 is 0 Å². The largest absolute Gasteiger partial charge is 0.325 e. The number of hydrogen-bond acceptors (Lipinski definition) is 4. The van der Waals surface area contributed by atoms with Gasteiger partial charge in [0.05, 0.1) is 10.5 Å². The van der Waals surface area contributed by atoms with Crippen LogP contribution in [0.5, 0.6) is 0 Å². The van der Waals surface area contributed by atoms with Gasteiger partial charge >= 0.3 is 0 Å². The van der Waals surface area contributed by atoms with Crippen LogP contribution in [0.15, 0.2) is 30.6 Å². The van der Waals surface area contributed by atoms with Gasteiger partial charge < -0.3 is 5.32 Å². The average molecular weight is 296 g/mol. The lowest BCUT2D eigenvalue weighted by molar-refractivity contribution is -0.115. The van der Waals surface area contributed by atoms with Crippen molar-refractivity contribution in [3.63, 3.8) is 0 Å². The van der Waals surface area contributed by atoms with E-state index in [0.29, 0.717) is 0 Å². The van der Waals surface area contributed by atoms with Crippen molar-refractivity contribution < 1.29 is 4.79 Å². The highest BCUT2D eigenvalue weighted by Gasteiger charge is 2.08. The molecule has 1 amide bonds. The van der Waals surface area contributed by atoms with Gasteiger partial charge in [-0.15, -0.1) is 5.10 Å². The quantitative estimate of drug-likeness (QED) is 0.869. The fourth-order valence-electron chi connectivity index (χ4n) is 1.22. The molecule has 0 spiro atoms. The molecule has 0 radical (unpaired) electrons. The van der Waals surface area contributed by atoms with Crippen LogP contribution in [0.2, 0.25) is 0 Å². The third-order valence-corrected chi connectivity index (χ3v) is 2.53. The van der Waals surface area contributed by atoms with Crippen LogP contribution in [0.4, 0.5) is 5.69 Å². The third kappa shape index (κ3) is 2.88. The van der Waals surface area contributed by atoms with Crippen molar-refractivity contribution >= 4 is 27.5 Å². The zero-order valence-corrected chi connectivity index (χ0v) is 10.6. The second kappa shape index (κ2) is 5.05. The van der Waals surface area contributed by atoms with Gasteiger partial charge in [-0.25, -0.2) is 4.68 Å². The van der Waals surface area contributed by atoms with Gasteiger partial charge in [-0.2, -0.15) is 0 Å². The summed E-state index contributed by atoms with van der Waals surface area (Å²) < 4.78 is 1.54. The molecule has 0 aliphatic heterocycles. The molecule has 0 saturated heterocycles. The first kappa shape index (κ1) is 11.7. The Morgan fingerprint density at radius 3 is 2.65 bits per heavy atom. The zero-order valence-electron chi connectivity index (χ0n) is 9.04. The molecule has 17 heavy (non-hydrogen) atoms. The van der Waals surface area contributed by atoms with E-state index in [2.05, 4.69) is 36.8 Å². The molecule has 1 atom stereocenters. The van der Waals surface area contributed by atoms with Gasteiger partial charge in [-0.3, -0.25) is 4.79 Å². The van der Waals surface area contributed by atoms with Crippen LogP contribution in [0, 0.1) is 0 Å². The van der Waals surface area contributed by atoms with Crippen molar-refractivity contribution in [2.24, 2.45) is 0 Å². The molecule has 0 saturated carbocycles. The summed E-state index contributed by atoms with van der Waals surface area (Å²) in [5.74, 6) is -0.0832. The molecule has 1 heterocycles. The van der Waals surface area contributed by atoms with Crippen molar-refractivity contribution in [2.75, 3.05) is 5.32 Å². The molecule has 88 valence electrons. The topological polar surface area (TPSA) is 72.7 Å². The molecule has 0 fully saturated rings. The number of carbonyl (C=O) groups is 1. The summed E-state index contributed by atoms with van der Waals surface area (Å²) in [6.45, 7) is 1.77. The zero-order chi connectivity index (χ0) is 12.3. The maximum atomic E-state index is 11.4.